The van der Waals surface area contributed by atoms with Gasteiger partial charge in [-0.05, 0) is 18.2 Å². The molecule has 0 aliphatic heterocycles. The molecule has 0 saturated heterocycles. The zero-order valence-electron chi connectivity index (χ0n) is 10.1. The van der Waals surface area contributed by atoms with Crippen LogP contribution in [-0.2, 0) is 10.0 Å². The van der Waals surface area contributed by atoms with Gasteiger partial charge >= 0.3 is 5.97 Å². The number of carboxylic acids is 1. The summed E-state index contributed by atoms with van der Waals surface area (Å²) in [6.45, 7) is 3.77. The molecule has 5 nitrogen and oxygen atoms in total. The van der Waals surface area contributed by atoms with E-state index in [1.54, 1.807) is 13.8 Å². The molecule has 0 unspecified atom stereocenters. The van der Waals surface area contributed by atoms with E-state index in [-0.39, 0.29) is 23.5 Å². The average molecular weight is 275 g/mol. The van der Waals surface area contributed by atoms with Crippen molar-refractivity contribution < 1.29 is 22.7 Å². The van der Waals surface area contributed by atoms with Crippen LogP contribution in [0, 0.1) is 5.82 Å². The quantitative estimate of drug-likeness (QED) is 0.884. The van der Waals surface area contributed by atoms with E-state index < -0.39 is 21.8 Å². The van der Waals surface area contributed by atoms with Crippen LogP contribution in [0.25, 0.3) is 0 Å². The second kappa shape index (κ2) is 5.45. The molecule has 18 heavy (non-hydrogen) atoms. The van der Waals surface area contributed by atoms with Gasteiger partial charge in [0.15, 0.2) is 0 Å². The number of halogens is 1. The molecule has 1 N–H and O–H groups in total. The third-order valence-electron chi connectivity index (χ3n) is 2.46. The summed E-state index contributed by atoms with van der Waals surface area (Å²) in [4.78, 5) is 10.4. The first-order valence-electron chi connectivity index (χ1n) is 5.37. The Morgan fingerprint density at radius 2 is 1.83 bits per heavy atom. The lowest BCUT2D eigenvalue weighted by Gasteiger charge is -2.18. The lowest BCUT2D eigenvalue weighted by molar-refractivity contribution is 0.0696. The van der Waals surface area contributed by atoms with E-state index in [9.17, 15) is 17.6 Å². The van der Waals surface area contributed by atoms with E-state index in [0.717, 1.165) is 22.5 Å². The zero-order chi connectivity index (χ0) is 13.9. The van der Waals surface area contributed by atoms with Gasteiger partial charge < -0.3 is 5.11 Å². The maximum atomic E-state index is 13.2. The highest BCUT2D eigenvalue weighted by Crippen LogP contribution is 2.18. The first kappa shape index (κ1) is 14.6. The predicted octanol–water partition coefficient (Wildman–Crippen LogP) is 1.55. The maximum Gasteiger partial charge on any atom is 0.335 e. The van der Waals surface area contributed by atoms with Crippen molar-refractivity contribution in [3.63, 3.8) is 0 Å². The van der Waals surface area contributed by atoms with Gasteiger partial charge in [-0.1, -0.05) is 13.8 Å². The van der Waals surface area contributed by atoms with Crippen molar-refractivity contribution >= 4 is 16.0 Å². The number of sulfonamides is 1. The fourth-order valence-electron chi connectivity index (χ4n) is 1.55. The summed E-state index contributed by atoms with van der Waals surface area (Å²) in [5.74, 6) is -2.26. The molecule has 0 fully saturated rings. The summed E-state index contributed by atoms with van der Waals surface area (Å²) < 4.78 is 38.6. The summed E-state index contributed by atoms with van der Waals surface area (Å²) in [7, 11) is -3.85. The number of rotatable bonds is 5. The predicted molar refractivity (Wildman–Crippen MR) is 63.5 cm³/mol. The molecule has 0 amide bonds. The number of aromatic carboxylic acids is 1. The summed E-state index contributed by atoms with van der Waals surface area (Å²) in [5.41, 5.74) is -0.388. The Balaban J connectivity index is 3.37. The fourth-order valence-corrected chi connectivity index (χ4v) is 3.06. The van der Waals surface area contributed by atoms with Crippen molar-refractivity contribution in [2.45, 2.75) is 18.7 Å². The maximum absolute atomic E-state index is 13.2. The van der Waals surface area contributed by atoms with Crippen LogP contribution in [0.2, 0.25) is 0 Å². The van der Waals surface area contributed by atoms with Crippen LogP contribution in [-0.4, -0.2) is 36.9 Å². The largest absolute Gasteiger partial charge is 0.478 e. The molecule has 100 valence electrons. The van der Waals surface area contributed by atoms with Crippen LogP contribution >= 0.6 is 0 Å². The van der Waals surface area contributed by atoms with Crippen LogP contribution in [0.5, 0.6) is 0 Å². The van der Waals surface area contributed by atoms with E-state index >= 15 is 0 Å². The molecule has 0 aliphatic carbocycles. The van der Waals surface area contributed by atoms with Crippen LogP contribution in [0.1, 0.15) is 24.2 Å². The molecule has 0 spiro atoms. The van der Waals surface area contributed by atoms with Crippen molar-refractivity contribution in [2.75, 3.05) is 13.1 Å². The monoisotopic (exact) mass is 275 g/mol. The third kappa shape index (κ3) is 2.85. The molecule has 0 saturated carbocycles. The first-order valence-corrected chi connectivity index (χ1v) is 6.81. The molecule has 0 radical (unpaired) electrons. The number of hydrogen-bond donors (Lipinski definition) is 1. The average Bonchev–Trinajstić information content (AvgIpc) is 2.29. The molecular formula is C11H14FNO4S. The lowest BCUT2D eigenvalue weighted by atomic mass is 10.2. The van der Waals surface area contributed by atoms with Crippen molar-refractivity contribution in [1.82, 2.24) is 4.31 Å². The zero-order valence-corrected chi connectivity index (χ0v) is 10.9. The third-order valence-corrected chi connectivity index (χ3v) is 4.49. The molecule has 0 aromatic heterocycles. The van der Waals surface area contributed by atoms with E-state index in [1.165, 1.54) is 0 Å². The smallest absolute Gasteiger partial charge is 0.335 e. The van der Waals surface area contributed by atoms with Gasteiger partial charge in [0.2, 0.25) is 10.0 Å². The highest BCUT2D eigenvalue weighted by molar-refractivity contribution is 7.89. The standard InChI is InChI=1S/C11H14FNO4S/c1-3-13(4-2)18(16,17)10-6-8(11(14)15)5-9(12)7-10/h5-7H,3-4H2,1-2H3,(H,14,15). The molecular weight excluding hydrogens is 261 g/mol. The highest BCUT2D eigenvalue weighted by Gasteiger charge is 2.23. The number of carbonyl (C=O) groups is 1. The molecule has 1 rings (SSSR count). The second-order valence-corrected chi connectivity index (χ2v) is 5.51. The van der Waals surface area contributed by atoms with Crippen LogP contribution < -0.4 is 0 Å². The Morgan fingerprint density at radius 3 is 2.28 bits per heavy atom. The SMILES string of the molecule is CCN(CC)S(=O)(=O)c1cc(F)cc(C(=O)O)c1. The van der Waals surface area contributed by atoms with Crippen molar-refractivity contribution in [3.05, 3.63) is 29.6 Å². The Kier molecular flexibility index (Phi) is 4.42. The Labute approximate surface area is 105 Å². The molecule has 7 heteroatoms. The van der Waals surface area contributed by atoms with Crippen molar-refractivity contribution in [3.8, 4) is 0 Å². The van der Waals surface area contributed by atoms with Crippen LogP contribution in [0.3, 0.4) is 0 Å². The normalized spacial score (nSPS) is 11.8. The number of nitrogens with zero attached hydrogens (tertiary/aromatic N) is 1. The van der Waals surface area contributed by atoms with E-state index in [0.29, 0.717) is 0 Å². The van der Waals surface area contributed by atoms with Gasteiger partial charge in [-0.3, -0.25) is 0 Å². The topological polar surface area (TPSA) is 74.7 Å². The van der Waals surface area contributed by atoms with E-state index in [1.807, 2.05) is 0 Å². The summed E-state index contributed by atoms with van der Waals surface area (Å²) in [6.07, 6.45) is 0. The van der Waals surface area contributed by atoms with Crippen molar-refractivity contribution in [2.24, 2.45) is 0 Å². The van der Waals surface area contributed by atoms with Gasteiger partial charge in [0.1, 0.15) is 5.82 Å². The number of benzene rings is 1. The Morgan fingerprint density at radius 1 is 1.28 bits per heavy atom. The van der Waals surface area contributed by atoms with Crippen LogP contribution in [0.4, 0.5) is 4.39 Å². The minimum absolute atomic E-state index is 0.234. The summed E-state index contributed by atoms with van der Waals surface area (Å²) >= 11 is 0. The van der Waals surface area contributed by atoms with E-state index in [4.69, 9.17) is 5.11 Å². The van der Waals surface area contributed by atoms with E-state index in [2.05, 4.69) is 0 Å². The molecule has 0 bridgehead atoms. The Hall–Kier alpha value is -1.47. The molecule has 0 aliphatic rings. The van der Waals surface area contributed by atoms with Gasteiger partial charge in [0, 0.05) is 13.1 Å². The van der Waals surface area contributed by atoms with Crippen molar-refractivity contribution in [1.29, 1.82) is 0 Å². The van der Waals surface area contributed by atoms with Gasteiger partial charge in [0.25, 0.3) is 0 Å². The molecule has 0 heterocycles. The summed E-state index contributed by atoms with van der Waals surface area (Å²) in [5, 5.41) is 8.78. The number of carboxylic acid groups (broad SMARTS) is 1. The lowest BCUT2D eigenvalue weighted by Crippen LogP contribution is -2.30. The van der Waals surface area contributed by atoms with Gasteiger partial charge in [-0.15, -0.1) is 0 Å². The van der Waals surface area contributed by atoms with Gasteiger partial charge in [-0.25, -0.2) is 17.6 Å². The van der Waals surface area contributed by atoms with Crippen LogP contribution in [0.15, 0.2) is 23.1 Å². The fraction of sp³-hybridized carbons (Fsp3) is 0.364. The minimum atomic E-state index is -3.85. The van der Waals surface area contributed by atoms with Gasteiger partial charge in [-0.2, -0.15) is 4.31 Å². The molecule has 1 aromatic rings. The minimum Gasteiger partial charge on any atom is -0.478 e. The molecule has 1 aromatic carbocycles. The second-order valence-electron chi connectivity index (χ2n) is 3.57. The highest BCUT2D eigenvalue weighted by atomic mass is 32.2. The summed E-state index contributed by atoms with van der Waals surface area (Å²) in [6, 6.07) is 2.56. The number of hydrogen-bond acceptors (Lipinski definition) is 3. The first-order chi connectivity index (χ1) is 8.32. The molecule has 0 atom stereocenters. The Bertz CT molecular complexity index is 552. The van der Waals surface area contributed by atoms with Gasteiger partial charge in [0.05, 0.1) is 10.5 Å².